The van der Waals surface area contributed by atoms with Gasteiger partial charge >= 0.3 is 0 Å². The molecule has 0 aliphatic carbocycles. The third-order valence-electron chi connectivity index (χ3n) is 5.34. The molecule has 2 aliphatic heterocycles. The molecule has 7 nitrogen and oxygen atoms in total. The van der Waals surface area contributed by atoms with Crippen molar-refractivity contribution >= 4 is 15.9 Å². The second-order valence-corrected chi connectivity index (χ2v) is 9.28. The molecule has 0 radical (unpaired) electrons. The number of amides is 1. The maximum atomic E-state index is 13.2. The highest BCUT2D eigenvalue weighted by atomic mass is 32.2. The van der Waals surface area contributed by atoms with Crippen LogP contribution in [-0.2, 0) is 21.4 Å². The molecule has 1 fully saturated rings. The molecule has 0 saturated carbocycles. The van der Waals surface area contributed by atoms with Crippen LogP contribution in [0.5, 0.6) is 11.5 Å². The van der Waals surface area contributed by atoms with Gasteiger partial charge in [0, 0.05) is 25.6 Å². The largest absolute Gasteiger partial charge is 0.454 e. The van der Waals surface area contributed by atoms with Crippen molar-refractivity contribution in [2.24, 2.45) is 0 Å². The first-order valence-corrected chi connectivity index (χ1v) is 11.3. The van der Waals surface area contributed by atoms with E-state index in [-0.39, 0.29) is 24.0 Å². The number of piperidine rings is 1. The van der Waals surface area contributed by atoms with Gasteiger partial charge in [-0.25, -0.2) is 12.8 Å². The predicted octanol–water partition coefficient (Wildman–Crippen LogP) is 2.80. The Hall–Kier alpha value is -2.65. The molecule has 2 aromatic carbocycles. The molecule has 1 amide bonds. The molecule has 9 heteroatoms. The van der Waals surface area contributed by atoms with E-state index in [1.165, 1.54) is 16.4 Å². The smallest absolute Gasteiger partial charge is 0.243 e. The highest BCUT2D eigenvalue weighted by molar-refractivity contribution is 7.89. The van der Waals surface area contributed by atoms with Gasteiger partial charge < -0.3 is 14.8 Å². The molecular formula is C21H23FN2O5S. The van der Waals surface area contributed by atoms with Gasteiger partial charge in [0.25, 0.3) is 0 Å². The molecule has 2 heterocycles. The van der Waals surface area contributed by atoms with E-state index in [0.29, 0.717) is 31.0 Å². The van der Waals surface area contributed by atoms with Gasteiger partial charge in [0.2, 0.25) is 22.7 Å². The Morgan fingerprint density at radius 3 is 2.67 bits per heavy atom. The normalized spacial score (nSPS) is 18.9. The van der Waals surface area contributed by atoms with E-state index < -0.39 is 21.9 Å². The monoisotopic (exact) mass is 434 g/mol. The van der Waals surface area contributed by atoms with Crippen LogP contribution in [-0.4, -0.2) is 38.0 Å². The number of hydrogen-bond donors (Lipinski definition) is 1. The number of carbonyl (C=O) groups excluding carboxylic acids is 1. The van der Waals surface area contributed by atoms with Crippen LogP contribution in [0, 0.1) is 5.82 Å². The van der Waals surface area contributed by atoms with Gasteiger partial charge in [-0.1, -0.05) is 12.5 Å². The van der Waals surface area contributed by atoms with Gasteiger partial charge in [0.15, 0.2) is 11.5 Å². The summed E-state index contributed by atoms with van der Waals surface area (Å²) in [6.07, 6.45) is 2.27. The number of halogens is 1. The standard InChI is InChI=1S/C21H23FN2O5S/c22-16-5-7-18(8-6-16)30(26,27)24-10-2-1-3-17(24)12-21(25)23-13-15-4-9-19-20(11-15)29-14-28-19/h4-9,11,17H,1-3,10,12-14H2,(H,23,25)/t17-/m1/s1. The quantitative estimate of drug-likeness (QED) is 0.756. The summed E-state index contributed by atoms with van der Waals surface area (Å²) >= 11 is 0. The van der Waals surface area contributed by atoms with Crippen LogP contribution in [0.15, 0.2) is 47.4 Å². The summed E-state index contributed by atoms with van der Waals surface area (Å²) in [5, 5.41) is 2.85. The third-order valence-corrected chi connectivity index (χ3v) is 7.31. The Morgan fingerprint density at radius 1 is 1.10 bits per heavy atom. The van der Waals surface area contributed by atoms with E-state index in [1.54, 1.807) is 6.07 Å². The van der Waals surface area contributed by atoms with Gasteiger partial charge in [-0.3, -0.25) is 4.79 Å². The predicted molar refractivity (Wildman–Crippen MR) is 107 cm³/mol. The summed E-state index contributed by atoms with van der Waals surface area (Å²) in [7, 11) is -3.79. The number of nitrogens with zero attached hydrogens (tertiary/aromatic N) is 1. The van der Waals surface area contributed by atoms with Crippen LogP contribution >= 0.6 is 0 Å². The van der Waals surface area contributed by atoms with Crippen molar-refractivity contribution in [2.75, 3.05) is 13.3 Å². The summed E-state index contributed by atoms with van der Waals surface area (Å²) in [6.45, 7) is 0.845. The third kappa shape index (κ3) is 4.41. The number of rotatable bonds is 6. The van der Waals surface area contributed by atoms with Gasteiger partial charge in [-0.2, -0.15) is 4.31 Å². The number of hydrogen-bond acceptors (Lipinski definition) is 5. The van der Waals surface area contributed by atoms with Crippen molar-refractivity contribution in [1.29, 1.82) is 0 Å². The fourth-order valence-corrected chi connectivity index (χ4v) is 5.47. The van der Waals surface area contributed by atoms with E-state index in [9.17, 15) is 17.6 Å². The fourth-order valence-electron chi connectivity index (χ4n) is 3.77. The van der Waals surface area contributed by atoms with Crippen molar-refractivity contribution in [1.82, 2.24) is 9.62 Å². The topological polar surface area (TPSA) is 84.9 Å². The molecule has 0 spiro atoms. The molecule has 1 atom stereocenters. The SMILES string of the molecule is O=C(C[C@H]1CCCCN1S(=O)(=O)c1ccc(F)cc1)NCc1ccc2c(c1)OCO2. The van der Waals surface area contributed by atoms with Gasteiger partial charge in [0.1, 0.15) is 5.82 Å². The van der Waals surface area contributed by atoms with E-state index in [2.05, 4.69) is 5.32 Å². The lowest BCUT2D eigenvalue weighted by atomic mass is 10.0. The Morgan fingerprint density at radius 2 is 1.87 bits per heavy atom. The number of ether oxygens (including phenoxy) is 2. The van der Waals surface area contributed by atoms with Gasteiger partial charge in [-0.15, -0.1) is 0 Å². The summed E-state index contributed by atoms with van der Waals surface area (Å²) < 4.78 is 51.2. The second kappa shape index (κ2) is 8.61. The minimum Gasteiger partial charge on any atom is -0.454 e. The van der Waals surface area contributed by atoms with E-state index in [0.717, 1.165) is 30.5 Å². The summed E-state index contributed by atoms with van der Waals surface area (Å²) in [6, 6.07) is 9.81. The minimum atomic E-state index is -3.79. The van der Waals surface area contributed by atoms with E-state index in [4.69, 9.17) is 9.47 Å². The van der Waals surface area contributed by atoms with Crippen LogP contribution in [0.1, 0.15) is 31.2 Å². The average Bonchev–Trinajstić information content (AvgIpc) is 3.21. The molecule has 1 N–H and O–H groups in total. The van der Waals surface area contributed by atoms with Crippen LogP contribution in [0.25, 0.3) is 0 Å². The average molecular weight is 434 g/mol. The summed E-state index contributed by atoms with van der Waals surface area (Å²) in [5.41, 5.74) is 0.868. The first kappa shape index (κ1) is 20.6. The molecule has 0 unspecified atom stereocenters. The van der Waals surface area contributed by atoms with E-state index >= 15 is 0 Å². The highest BCUT2D eigenvalue weighted by Gasteiger charge is 2.34. The molecule has 2 aliphatic rings. The number of carbonyl (C=O) groups is 1. The Bertz CT molecular complexity index is 1030. The number of sulfonamides is 1. The zero-order valence-corrected chi connectivity index (χ0v) is 17.2. The zero-order chi connectivity index (χ0) is 21.1. The van der Waals surface area contributed by atoms with Gasteiger partial charge in [0.05, 0.1) is 4.90 Å². The summed E-state index contributed by atoms with van der Waals surface area (Å²) in [5.74, 6) is 0.602. The molecular weight excluding hydrogens is 411 g/mol. The number of benzene rings is 2. The molecule has 1 saturated heterocycles. The van der Waals surface area contributed by atoms with Crippen LogP contribution in [0.2, 0.25) is 0 Å². The maximum absolute atomic E-state index is 13.2. The summed E-state index contributed by atoms with van der Waals surface area (Å²) in [4.78, 5) is 12.6. The second-order valence-electron chi connectivity index (χ2n) is 7.39. The lowest BCUT2D eigenvalue weighted by Gasteiger charge is -2.34. The Balaban J connectivity index is 1.40. The molecule has 4 rings (SSSR count). The first-order chi connectivity index (χ1) is 14.4. The van der Waals surface area contributed by atoms with Crippen molar-refractivity contribution in [3.8, 4) is 11.5 Å². The van der Waals surface area contributed by atoms with Crippen molar-refractivity contribution < 1.29 is 27.1 Å². The minimum absolute atomic E-state index is 0.0385. The molecule has 0 aromatic heterocycles. The molecule has 30 heavy (non-hydrogen) atoms. The van der Waals surface area contributed by atoms with Crippen LogP contribution in [0.4, 0.5) is 4.39 Å². The van der Waals surface area contributed by atoms with Gasteiger partial charge in [-0.05, 0) is 54.8 Å². The maximum Gasteiger partial charge on any atom is 0.243 e. The molecule has 2 aromatic rings. The Labute approximate surface area is 174 Å². The molecule has 0 bridgehead atoms. The lowest BCUT2D eigenvalue weighted by molar-refractivity contribution is -0.122. The fraction of sp³-hybridized carbons (Fsp3) is 0.381. The van der Waals surface area contributed by atoms with Crippen molar-refractivity contribution in [3.63, 3.8) is 0 Å². The number of fused-ring (bicyclic) bond motifs is 1. The van der Waals surface area contributed by atoms with Crippen LogP contribution in [0.3, 0.4) is 0 Å². The first-order valence-electron chi connectivity index (χ1n) is 9.86. The highest BCUT2D eigenvalue weighted by Crippen LogP contribution is 2.32. The van der Waals surface area contributed by atoms with Crippen LogP contribution < -0.4 is 14.8 Å². The van der Waals surface area contributed by atoms with Crippen molar-refractivity contribution in [2.45, 2.75) is 43.2 Å². The zero-order valence-electron chi connectivity index (χ0n) is 16.3. The molecule has 160 valence electrons. The van der Waals surface area contributed by atoms with E-state index in [1.807, 2.05) is 12.1 Å². The lowest BCUT2D eigenvalue weighted by Crippen LogP contribution is -2.45. The Kier molecular flexibility index (Phi) is 5.92. The number of nitrogens with one attached hydrogen (secondary N) is 1. The van der Waals surface area contributed by atoms with Crippen molar-refractivity contribution in [3.05, 3.63) is 53.8 Å².